The van der Waals surface area contributed by atoms with Crippen molar-refractivity contribution < 1.29 is 4.42 Å². The summed E-state index contributed by atoms with van der Waals surface area (Å²) in [5, 5.41) is 4.89. The molecule has 0 saturated heterocycles. The summed E-state index contributed by atoms with van der Waals surface area (Å²) in [6.45, 7) is 16.0. The Balaban J connectivity index is 1.63. The number of nitrogens with zero attached hydrogens (tertiary/aromatic N) is 1. The summed E-state index contributed by atoms with van der Waals surface area (Å²) in [6.07, 6.45) is 2.05. The zero-order chi connectivity index (χ0) is 25.4. The van der Waals surface area contributed by atoms with Gasteiger partial charge in [-0.15, -0.1) is 0 Å². The quantitative estimate of drug-likeness (QED) is 0.251. The Morgan fingerprint density at radius 2 is 1.39 bits per heavy atom. The van der Waals surface area contributed by atoms with Gasteiger partial charge in [0.25, 0.3) is 0 Å². The number of aliphatic imine (C=N–C) groups is 1. The number of hydrogen-bond donors (Lipinski definition) is 0. The molecule has 4 aromatic carbocycles. The van der Waals surface area contributed by atoms with Crippen LogP contribution >= 0.6 is 0 Å². The van der Waals surface area contributed by atoms with Gasteiger partial charge in [0.1, 0.15) is 11.2 Å². The van der Waals surface area contributed by atoms with Crippen LogP contribution in [0.4, 0.5) is 5.69 Å². The fourth-order valence-corrected chi connectivity index (χ4v) is 5.85. The second kappa shape index (κ2) is 7.80. The van der Waals surface area contributed by atoms with E-state index in [2.05, 4.69) is 103 Å². The number of para-hydroxylation sites is 1. The first kappa shape index (κ1) is 23.0. The van der Waals surface area contributed by atoms with Crippen molar-refractivity contribution in [1.29, 1.82) is 0 Å². The van der Waals surface area contributed by atoms with Crippen LogP contribution in [0.1, 0.15) is 69.4 Å². The topological polar surface area (TPSA) is 25.5 Å². The first-order valence-electron chi connectivity index (χ1n) is 13.1. The second-order valence-corrected chi connectivity index (χ2v) is 13.1. The van der Waals surface area contributed by atoms with Gasteiger partial charge in [0, 0.05) is 27.3 Å². The summed E-state index contributed by atoms with van der Waals surface area (Å²) in [7, 11) is 0. The van der Waals surface area contributed by atoms with Crippen molar-refractivity contribution in [2.24, 2.45) is 15.8 Å². The highest BCUT2D eigenvalue weighted by molar-refractivity contribution is 6.30. The molecule has 0 aliphatic carbocycles. The molecule has 1 aliphatic heterocycles. The van der Waals surface area contributed by atoms with E-state index in [1.165, 1.54) is 33.0 Å². The van der Waals surface area contributed by atoms with Gasteiger partial charge >= 0.3 is 0 Å². The third kappa shape index (κ3) is 4.03. The molecule has 0 spiro atoms. The van der Waals surface area contributed by atoms with Crippen LogP contribution in [-0.2, 0) is 12.8 Å². The minimum absolute atomic E-state index is 0.206. The summed E-state index contributed by atoms with van der Waals surface area (Å²) >= 11 is 0. The van der Waals surface area contributed by atoms with Crippen LogP contribution in [0.3, 0.4) is 0 Å². The third-order valence-electron chi connectivity index (χ3n) is 6.98. The number of furan rings is 1. The van der Waals surface area contributed by atoms with Crippen LogP contribution in [0.15, 0.2) is 70.1 Å². The molecule has 2 nitrogen and oxygen atoms in total. The lowest BCUT2D eigenvalue weighted by atomic mass is 9.84. The molecule has 36 heavy (non-hydrogen) atoms. The average molecular weight is 474 g/mol. The predicted octanol–water partition coefficient (Wildman–Crippen LogP) is 9.71. The zero-order valence-corrected chi connectivity index (χ0v) is 22.5. The number of hydrogen-bond acceptors (Lipinski definition) is 2. The first-order valence-corrected chi connectivity index (χ1v) is 13.1. The van der Waals surface area contributed by atoms with E-state index in [0.717, 1.165) is 51.7 Å². The van der Waals surface area contributed by atoms with Gasteiger partial charge < -0.3 is 4.42 Å². The van der Waals surface area contributed by atoms with Crippen molar-refractivity contribution in [3.05, 3.63) is 88.5 Å². The molecule has 0 amide bonds. The number of benzene rings is 4. The molecule has 0 bridgehead atoms. The Kier molecular flexibility index (Phi) is 4.99. The molecular formula is C34H35NO. The van der Waals surface area contributed by atoms with E-state index >= 15 is 0 Å². The van der Waals surface area contributed by atoms with E-state index in [4.69, 9.17) is 9.41 Å². The monoisotopic (exact) mass is 473 g/mol. The summed E-state index contributed by atoms with van der Waals surface area (Å²) in [5.74, 6) is 0. The Hall–Kier alpha value is -3.39. The van der Waals surface area contributed by atoms with Gasteiger partial charge in [-0.2, -0.15) is 0 Å². The van der Waals surface area contributed by atoms with Gasteiger partial charge in [-0.1, -0.05) is 71.9 Å². The average Bonchev–Trinajstić information content (AvgIpc) is 3.30. The minimum Gasteiger partial charge on any atom is -0.455 e. The van der Waals surface area contributed by atoms with E-state index in [1.54, 1.807) is 0 Å². The molecule has 0 atom stereocenters. The van der Waals surface area contributed by atoms with Crippen LogP contribution < -0.4 is 0 Å². The molecule has 0 radical (unpaired) electrons. The molecule has 6 rings (SSSR count). The second-order valence-electron chi connectivity index (χ2n) is 13.1. The van der Waals surface area contributed by atoms with Gasteiger partial charge in [-0.25, -0.2) is 4.99 Å². The van der Waals surface area contributed by atoms with Crippen molar-refractivity contribution in [3.8, 4) is 0 Å². The van der Waals surface area contributed by atoms with Crippen LogP contribution in [0.2, 0.25) is 0 Å². The highest BCUT2D eigenvalue weighted by atomic mass is 16.3. The lowest BCUT2D eigenvalue weighted by Gasteiger charge is -2.20. The Labute approximate surface area is 214 Å². The van der Waals surface area contributed by atoms with Gasteiger partial charge in [-0.05, 0) is 83.0 Å². The Morgan fingerprint density at radius 1 is 0.722 bits per heavy atom. The summed E-state index contributed by atoms with van der Waals surface area (Å²) in [6, 6.07) is 22.3. The fraction of sp³-hybridized carbons (Fsp3) is 0.324. The molecule has 0 N–H and O–H groups in total. The molecule has 5 aromatic rings. The molecule has 1 aliphatic rings. The maximum Gasteiger partial charge on any atom is 0.144 e. The number of rotatable bonds is 3. The Morgan fingerprint density at radius 3 is 2.08 bits per heavy atom. The highest BCUT2D eigenvalue weighted by Crippen LogP contribution is 2.43. The molecule has 0 saturated carbocycles. The highest BCUT2D eigenvalue weighted by Gasteiger charge is 2.26. The summed E-state index contributed by atoms with van der Waals surface area (Å²) in [5.41, 5.74) is 10.7. The van der Waals surface area contributed by atoms with E-state index in [9.17, 15) is 0 Å². The lowest BCUT2D eigenvalue weighted by molar-refractivity contribution is 0.411. The van der Waals surface area contributed by atoms with Crippen LogP contribution in [-0.4, -0.2) is 5.71 Å². The molecular weight excluding hydrogens is 438 g/mol. The van der Waals surface area contributed by atoms with E-state index in [0.29, 0.717) is 0 Å². The van der Waals surface area contributed by atoms with Gasteiger partial charge in [0.2, 0.25) is 0 Å². The molecule has 2 heterocycles. The summed E-state index contributed by atoms with van der Waals surface area (Å²) in [4.78, 5) is 5.31. The molecule has 182 valence electrons. The van der Waals surface area contributed by atoms with E-state index in [1.807, 2.05) is 6.07 Å². The first-order chi connectivity index (χ1) is 16.9. The number of fused-ring (bicyclic) bond motifs is 3. The molecule has 0 unspecified atom stereocenters. The molecule has 2 heteroatoms. The molecule has 0 fully saturated rings. The van der Waals surface area contributed by atoms with E-state index < -0.39 is 0 Å². The number of aryl methyl sites for hydroxylation is 1. The third-order valence-corrected chi connectivity index (χ3v) is 6.98. The van der Waals surface area contributed by atoms with Crippen molar-refractivity contribution in [2.75, 3.05) is 0 Å². The maximum absolute atomic E-state index is 6.47. The van der Waals surface area contributed by atoms with Crippen LogP contribution in [0.25, 0.3) is 32.7 Å². The standard InChI is InChI=1S/C34H35NO/c1-20-12-25-24-10-8-9-11-29(24)36-32(25)27(13-20)31-26-16-21(18-33(2,3)4)14-23-15-22(19-34(5,6)7)17-28(35-31)30(23)26/h8-17H,18-19H2,1-7H3. The predicted molar refractivity (Wildman–Crippen MR) is 154 cm³/mol. The van der Waals surface area contributed by atoms with Gasteiger partial charge in [0.05, 0.1) is 11.4 Å². The van der Waals surface area contributed by atoms with Crippen molar-refractivity contribution >= 4 is 44.1 Å². The van der Waals surface area contributed by atoms with Crippen LogP contribution in [0, 0.1) is 17.8 Å². The van der Waals surface area contributed by atoms with Crippen LogP contribution in [0.5, 0.6) is 0 Å². The zero-order valence-electron chi connectivity index (χ0n) is 22.5. The van der Waals surface area contributed by atoms with Crippen molar-refractivity contribution in [1.82, 2.24) is 0 Å². The fourth-order valence-electron chi connectivity index (χ4n) is 5.85. The largest absolute Gasteiger partial charge is 0.455 e. The van der Waals surface area contributed by atoms with Gasteiger partial charge in [-0.3, -0.25) is 0 Å². The normalized spacial score (nSPS) is 13.8. The lowest BCUT2D eigenvalue weighted by Crippen LogP contribution is -2.10. The minimum atomic E-state index is 0.206. The van der Waals surface area contributed by atoms with E-state index in [-0.39, 0.29) is 10.8 Å². The SMILES string of the molecule is Cc1cc(C2=Nc3cc(CC(C)(C)C)cc4cc(CC(C)(C)C)cc2c34)c2oc3ccccc3c2c1. The van der Waals surface area contributed by atoms with Crippen molar-refractivity contribution in [3.63, 3.8) is 0 Å². The summed E-state index contributed by atoms with van der Waals surface area (Å²) < 4.78 is 6.47. The molecule has 1 aromatic heterocycles. The van der Waals surface area contributed by atoms with Gasteiger partial charge in [0.15, 0.2) is 0 Å². The maximum atomic E-state index is 6.47. The Bertz CT molecular complexity index is 1690. The smallest absolute Gasteiger partial charge is 0.144 e. The van der Waals surface area contributed by atoms with Crippen molar-refractivity contribution in [2.45, 2.75) is 61.3 Å².